The van der Waals surface area contributed by atoms with Gasteiger partial charge in [-0.1, -0.05) is 68.4 Å². The summed E-state index contributed by atoms with van der Waals surface area (Å²) in [4.78, 5) is 23.4. The molecule has 0 saturated heterocycles. The van der Waals surface area contributed by atoms with Crippen molar-refractivity contribution in [1.82, 2.24) is 10.6 Å². The molecule has 4 N–H and O–H groups in total. The van der Waals surface area contributed by atoms with Gasteiger partial charge >= 0.3 is 5.97 Å². The molecule has 184 valence electrons. The third kappa shape index (κ3) is 7.50. The Balaban J connectivity index is 0.00000432. The highest BCUT2D eigenvalue weighted by atomic mass is 35.5. The third-order valence-corrected chi connectivity index (χ3v) is 5.69. The van der Waals surface area contributed by atoms with Crippen LogP contribution in [0.2, 0.25) is 0 Å². The lowest BCUT2D eigenvalue weighted by Gasteiger charge is -2.15. The normalized spacial score (nSPS) is 10.5. The van der Waals surface area contributed by atoms with E-state index in [1.807, 2.05) is 43.3 Å². The van der Waals surface area contributed by atoms with Crippen molar-refractivity contribution in [2.75, 3.05) is 6.54 Å². The predicted molar refractivity (Wildman–Crippen MR) is 143 cm³/mol. The maximum atomic E-state index is 12.8. The first-order valence-electron chi connectivity index (χ1n) is 11.4. The summed E-state index contributed by atoms with van der Waals surface area (Å²) < 4.78 is 0. The summed E-state index contributed by atoms with van der Waals surface area (Å²) in [5, 5.41) is 22.7. The van der Waals surface area contributed by atoms with Crippen LogP contribution >= 0.6 is 12.4 Å². The van der Waals surface area contributed by atoms with Crippen LogP contribution in [0, 0.1) is 12.3 Å². The zero-order valence-corrected chi connectivity index (χ0v) is 21.0. The number of hydrogen-bond donors (Lipinski definition) is 4. The molecule has 0 radical (unpaired) electrons. The summed E-state index contributed by atoms with van der Waals surface area (Å²) in [6, 6.07) is 21.2. The van der Waals surface area contributed by atoms with Gasteiger partial charge in [0, 0.05) is 24.2 Å². The van der Waals surface area contributed by atoms with Crippen molar-refractivity contribution in [3.05, 3.63) is 94.5 Å². The Bertz CT molecular complexity index is 1190. The molecule has 0 unspecified atom stereocenters. The number of carbonyl (C=O) groups is 2. The number of nitrogens with one attached hydrogen (secondary N) is 3. The molecule has 0 aromatic heterocycles. The number of rotatable bonds is 9. The van der Waals surface area contributed by atoms with Crippen LogP contribution in [0.3, 0.4) is 0 Å². The van der Waals surface area contributed by atoms with Gasteiger partial charge in [0.2, 0.25) is 0 Å². The lowest BCUT2D eigenvalue weighted by molar-refractivity contribution is -0.136. The second kappa shape index (κ2) is 12.8. The Hall–Kier alpha value is -3.48. The highest BCUT2D eigenvalue weighted by Crippen LogP contribution is 2.31. The van der Waals surface area contributed by atoms with Gasteiger partial charge in [0.15, 0.2) is 0 Å². The van der Waals surface area contributed by atoms with Crippen molar-refractivity contribution in [3.8, 4) is 11.1 Å². The standard InChI is InChI=1S/C28H31N3O3.ClH/c1-18(2)23-6-4-5-7-25(23)24-13-12-22(16-19(24)3)28(34)31-27(29)21-10-8-20(9-11-21)17-30-15-14-26(32)33;/h4-13,16,18,30H,14-15,17H2,1-3H3,(H,32,33)(H2,29,31,34);1H. The van der Waals surface area contributed by atoms with Crippen LogP contribution in [0.1, 0.15) is 58.8 Å². The molecule has 3 aromatic rings. The van der Waals surface area contributed by atoms with E-state index in [-0.39, 0.29) is 30.6 Å². The Morgan fingerprint density at radius 3 is 2.23 bits per heavy atom. The molecule has 0 aliphatic carbocycles. The monoisotopic (exact) mass is 493 g/mol. The van der Waals surface area contributed by atoms with Crippen LogP contribution in [0.15, 0.2) is 66.7 Å². The van der Waals surface area contributed by atoms with Crippen molar-refractivity contribution >= 4 is 30.1 Å². The van der Waals surface area contributed by atoms with Gasteiger partial charge in [0.05, 0.1) is 6.42 Å². The molecule has 0 aliphatic rings. The van der Waals surface area contributed by atoms with Gasteiger partial charge < -0.3 is 15.7 Å². The number of benzene rings is 3. The van der Waals surface area contributed by atoms with Crippen LogP contribution in [0.4, 0.5) is 0 Å². The molecular formula is C28H32ClN3O3. The predicted octanol–water partition coefficient (Wildman–Crippen LogP) is 5.53. The lowest BCUT2D eigenvalue weighted by atomic mass is 9.90. The molecule has 1 amide bonds. The van der Waals surface area contributed by atoms with E-state index in [0.29, 0.717) is 30.1 Å². The van der Waals surface area contributed by atoms with Gasteiger partial charge in [0.1, 0.15) is 5.84 Å². The summed E-state index contributed by atoms with van der Waals surface area (Å²) in [7, 11) is 0. The molecule has 7 heteroatoms. The molecule has 0 heterocycles. The maximum absolute atomic E-state index is 12.8. The Kier molecular flexibility index (Phi) is 10.2. The summed E-state index contributed by atoms with van der Waals surface area (Å²) in [5.41, 5.74) is 6.63. The van der Waals surface area contributed by atoms with Gasteiger partial charge in [0.25, 0.3) is 5.91 Å². The number of carboxylic acids is 1. The van der Waals surface area contributed by atoms with Gasteiger partial charge in [-0.15, -0.1) is 12.4 Å². The quantitative estimate of drug-likeness (QED) is 0.179. The van der Waals surface area contributed by atoms with Crippen LogP contribution in [-0.4, -0.2) is 29.4 Å². The second-order valence-electron chi connectivity index (χ2n) is 8.62. The summed E-state index contributed by atoms with van der Waals surface area (Å²) in [6.45, 7) is 7.27. The maximum Gasteiger partial charge on any atom is 0.304 e. The minimum absolute atomic E-state index is 0. The first-order chi connectivity index (χ1) is 16.3. The lowest BCUT2D eigenvalue weighted by Crippen LogP contribution is -2.30. The van der Waals surface area contributed by atoms with Crippen molar-refractivity contribution in [1.29, 1.82) is 5.41 Å². The van der Waals surface area contributed by atoms with Crippen molar-refractivity contribution in [2.24, 2.45) is 0 Å². The van der Waals surface area contributed by atoms with Crippen LogP contribution in [-0.2, 0) is 11.3 Å². The van der Waals surface area contributed by atoms with Crippen molar-refractivity contribution in [2.45, 2.75) is 39.7 Å². The molecule has 35 heavy (non-hydrogen) atoms. The molecule has 6 nitrogen and oxygen atoms in total. The van der Waals surface area contributed by atoms with Gasteiger partial charge in [-0.25, -0.2) is 0 Å². The summed E-state index contributed by atoms with van der Waals surface area (Å²) in [6.07, 6.45) is 0.0689. The smallest absolute Gasteiger partial charge is 0.304 e. The molecule has 3 aromatic carbocycles. The highest BCUT2D eigenvalue weighted by molar-refractivity contribution is 6.11. The molecule has 0 spiro atoms. The minimum Gasteiger partial charge on any atom is -0.481 e. The van der Waals surface area contributed by atoms with E-state index in [0.717, 1.165) is 16.7 Å². The molecule has 3 rings (SSSR count). The van der Waals surface area contributed by atoms with Crippen LogP contribution < -0.4 is 10.6 Å². The van der Waals surface area contributed by atoms with E-state index in [4.69, 9.17) is 10.5 Å². The fourth-order valence-corrected chi connectivity index (χ4v) is 3.83. The number of carbonyl (C=O) groups excluding carboxylic acids is 1. The number of amidine groups is 1. The molecule has 0 atom stereocenters. The minimum atomic E-state index is -0.836. The van der Waals surface area contributed by atoms with Gasteiger partial charge in [-0.3, -0.25) is 15.0 Å². The summed E-state index contributed by atoms with van der Waals surface area (Å²) >= 11 is 0. The first-order valence-corrected chi connectivity index (χ1v) is 11.4. The largest absolute Gasteiger partial charge is 0.481 e. The van der Waals surface area contributed by atoms with Crippen LogP contribution in [0.25, 0.3) is 11.1 Å². The number of hydrogen-bond acceptors (Lipinski definition) is 4. The topological polar surface area (TPSA) is 102 Å². The molecule has 0 aliphatic heterocycles. The Morgan fingerprint density at radius 1 is 0.943 bits per heavy atom. The second-order valence-corrected chi connectivity index (χ2v) is 8.62. The number of halogens is 1. The fourth-order valence-electron chi connectivity index (χ4n) is 3.83. The third-order valence-electron chi connectivity index (χ3n) is 5.69. The molecular weight excluding hydrogens is 462 g/mol. The highest BCUT2D eigenvalue weighted by Gasteiger charge is 2.14. The average Bonchev–Trinajstić information content (AvgIpc) is 2.82. The summed E-state index contributed by atoms with van der Waals surface area (Å²) in [5.74, 6) is -0.735. The molecule has 0 bridgehead atoms. The van der Waals surface area contributed by atoms with E-state index in [2.05, 4.69) is 36.6 Å². The van der Waals surface area contributed by atoms with E-state index >= 15 is 0 Å². The van der Waals surface area contributed by atoms with E-state index in [1.165, 1.54) is 11.1 Å². The number of aryl methyl sites for hydroxylation is 1. The van der Waals surface area contributed by atoms with Crippen molar-refractivity contribution in [3.63, 3.8) is 0 Å². The zero-order valence-electron chi connectivity index (χ0n) is 20.2. The average molecular weight is 494 g/mol. The van der Waals surface area contributed by atoms with E-state index in [9.17, 15) is 9.59 Å². The Morgan fingerprint density at radius 2 is 1.60 bits per heavy atom. The zero-order chi connectivity index (χ0) is 24.7. The Labute approximate surface area is 212 Å². The molecule has 0 saturated carbocycles. The first kappa shape index (κ1) is 27.8. The molecule has 0 fully saturated rings. The van der Waals surface area contributed by atoms with Crippen LogP contribution in [0.5, 0.6) is 0 Å². The number of carboxylic acid groups (broad SMARTS) is 1. The number of aliphatic carboxylic acids is 1. The van der Waals surface area contributed by atoms with E-state index in [1.54, 1.807) is 18.2 Å². The fraction of sp³-hybridized carbons (Fsp3) is 0.250. The SMILES string of the molecule is Cc1cc(C(=O)NC(=N)c2ccc(CNCCC(=O)O)cc2)ccc1-c1ccccc1C(C)C.Cl. The van der Waals surface area contributed by atoms with Gasteiger partial charge in [-0.05, 0) is 52.8 Å². The van der Waals surface area contributed by atoms with E-state index < -0.39 is 5.97 Å². The number of amides is 1. The van der Waals surface area contributed by atoms with Crippen molar-refractivity contribution < 1.29 is 14.7 Å². The van der Waals surface area contributed by atoms with Gasteiger partial charge in [-0.2, -0.15) is 0 Å².